The molecule has 0 fully saturated rings. The number of rotatable bonds is 4. The molecule has 3 aromatic rings. The molecule has 0 spiro atoms. The topological polar surface area (TPSA) is 76.9 Å². The Kier molecular flexibility index (Phi) is 4.93. The fourth-order valence-electron chi connectivity index (χ4n) is 3.57. The van der Waals surface area contributed by atoms with Crippen LogP contribution in [0.2, 0.25) is 0 Å². The second kappa shape index (κ2) is 7.53. The first-order valence-electron chi connectivity index (χ1n) is 9.14. The molecule has 140 valence electrons. The van der Waals surface area contributed by atoms with Crippen LogP contribution >= 0.6 is 15.9 Å². The number of hydrogen-bond acceptors (Lipinski definition) is 4. The standard InChI is InChI=1S/C22H19BrN4O/c1-2-6-18-20-19(14-9-11-15(23)12-10-14)17(13-24)21(25)28-22(20)27(26-18)16-7-4-3-5-8-16/h3-5,7-12,19H,2,6,25H2,1H3/t19-/m0/s1. The number of nitriles is 1. The molecule has 2 heterocycles. The summed E-state index contributed by atoms with van der Waals surface area (Å²) in [5.41, 5.74) is 10.3. The number of para-hydroxylation sites is 1. The summed E-state index contributed by atoms with van der Waals surface area (Å²) in [7, 11) is 0. The summed E-state index contributed by atoms with van der Waals surface area (Å²) >= 11 is 3.48. The molecule has 0 unspecified atom stereocenters. The monoisotopic (exact) mass is 434 g/mol. The van der Waals surface area contributed by atoms with Gasteiger partial charge in [-0.2, -0.15) is 10.4 Å². The summed E-state index contributed by atoms with van der Waals surface area (Å²) in [6.45, 7) is 2.11. The van der Waals surface area contributed by atoms with Gasteiger partial charge < -0.3 is 10.5 Å². The summed E-state index contributed by atoms with van der Waals surface area (Å²) in [6.07, 6.45) is 1.73. The zero-order valence-electron chi connectivity index (χ0n) is 15.4. The molecule has 2 N–H and O–H groups in total. The maximum atomic E-state index is 9.81. The van der Waals surface area contributed by atoms with E-state index in [1.165, 1.54) is 0 Å². The van der Waals surface area contributed by atoms with E-state index in [1.54, 1.807) is 4.68 Å². The predicted molar refractivity (Wildman–Crippen MR) is 111 cm³/mol. The van der Waals surface area contributed by atoms with E-state index in [9.17, 15) is 5.26 Å². The van der Waals surface area contributed by atoms with E-state index < -0.39 is 0 Å². The average molecular weight is 435 g/mol. The second-order valence-electron chi connectivity index (χ2n) is 6.64. The van der Waals surface area contributed by atoms with Crippen LogP contribution in [0.15, 0.2) is 70.5 Å². The van der Waals surface area contributed by atoms with Crippen LogP contribution in [-0.2, 0) is 6.42 Å². The predicted octanol–water partition coefficient (Wildman–Crippen LogP) is 4.81. The van der Waals surface area contributed by atoms with Crippen LogP contribution in [-0.4, -0.2) is 9.78 Å². The molecule has 5 nitrogen and oxygen atoms in total. The van der Waals surface area contributed by atoms with Crippen molar-refractivity contribution in [2.75, 3.05) is 0 Å². The number of aromatic nitrogens is 2. The molecule has 2 aromatic carbocycles. The molecule has 1 aromatic heterocycles. The third-order valence-electron chi connectivity index (χ3n) is 4.82. The van der Waals surface area contributed by atoms with E-state index in [-0.39, 0.29) is 11.8 Å². The largest absolute Gasteiger partial charge is 0.422 e. The van der Waals surface area contributed by atoms with Crippen LogP contribution in [0, 0.1) is 11.3 Å². The van der Waals surface area contributed by atoms with E-state index in [4.69, 9.17) is 15.6 Å². The molecule has 0 saturated carbocycles. The second-order valence-corrected chi connectivity index (χ2v) is 7.55. The van der Waals surface area contributed by atoms with E-state index in [2.05, 4.69) is 28.9 Å². The Morgan fingerprint density at radius 3 is 2.54 bits per heavy atom. The summed E-state index contributed by atoms with van der Waals surface area (Å²) in [5, 5.41) is 14.7. The average Bonchev–Trinajstić information content (AvgIpc) is 3.06. The Bertz CT molecular complexity index is 1080. The van der Waals surface area contributed by atoms with Crippen molar-refractivity contribution in [2.24, 2.45) is 5.73 Å². The number of nitrogens with two attached hydrogens (primary N) is 1. The van der Waals surface area contributed by atoms with Gasteiger partial charge in [0.05, 0.1) is 22.9 Å². The Labute approximate surface area is 172 Å². The van der Waals surface area contributed by atoms with Crippen LogP contribution in [0.3, 0.4) is 0 Å². The van der Waals surface area contributed by atoms with Gasteiger partial charge in [0.15, 0.2) is 0 Å². The molecular weight excluding hydrogens is 416 g/mol. The number of hydrogen-bond donors (Lipinski definition) is 1. The zero-order valence-corrected chi connectivity index (χ0v) is 17.0. The van der Waals surface area contributed by atoms with E-state index in [0.29, 0.717) is 11.5 Å². The molecule has 1 aliphatic rings. The third-order valence-corrected chi connectivity index (χ3v) is 5.34. The van der Waals surface area contributed by atoms with Crippen molar-refractivity contribution in [1.82, 2.24) is 9.78 Å². The van der Waals surface area contributed by atoms with Gasteiger partial charge >= 0.3 is 0 Å². The van der Waals surface area contributed by atoms with Gasteiger partial charge in [-0.3, -0.25) is 0 Å². The lowest BCUT2D eigenvalue weighted by Gasteiger charge is -2.25. The molecule has 0 saturated heterocycles. The fourth-order valence-corrected chi connectivity index (χ4v) is 3.83. The normalized spacial score (nSPS) is 15.7. The highest BCUT2D eigenvalue weighted by Crippen LogP contribution is 2.45. The van der Waals surface area contributed by atoms with Crippen molar-refractivity contribution in [3.63, 3.8) is 0 Å². The molecule has 0 aliphatic carbocycles. The van der Waals surface area contributed by atoms with Gasteiger partial charge in [0.2, 0.25) is 11.8 Å². The van der Waals surface area contributed by atoms with E-state index in [0.717, 1.165) is 39.8 Å². The number of fused-ring (bicyclic) bond motifs is 1. The van der Waals surface area contributed by atoms with Crippen LogP contribution in [0.1, 0.15) is 36.1 Å². The number of ether oxygens (including phenoxy) is 1. The Morgan fingerprint density at radius 2 is 1.89 bits per heavy atom. The van der Waals surface area contributed by atoms with E-state index in [1.807, 2.05) is 54.6 Å². The smallest absolute Gasteiger partial charge is 0.229 e. The summed E-state index contributed by atoms with van der Waals surface area (Å²) in [6, 6.07) is 20.0. The van der Waals surface area contributed by atoms with Crippen LogP contribution in [0.25, 0.3) is 5.69 Å². The minimum absolute atomic E-state index is 0.128. The van der Waals surface area contributed by atoms with Crippen molar-refractivity contribution >= 4 is 15.9 Å². The van der Waals surface area contributed by atoms with Crippen LogP contribution in [0.5, 0.6) is 5.88 Å². The maximum absolute atomic E-state index is 9.81. The SMILES string of the molecule is CCCc1nn(-c2ccccc2)c2c1[C@@H](c1ccc(Br)cc1)C(C#N)=C(N)O2. The maximum Gasteiger partial charge on any atom is 0.229 e. The van der Waals surface area contributed by atoms with E-state index >= 15 is 0 Å². The van der Waals surface area contributed by atoms with Gasteiger partial charge in [-0.05, 0) is 36.2 Å². The van der Waals surface area contributed by atoms with Crippen molar-refractivity contribution < 1.29 is 4.74 Å². The number of halogens is 1. The van der Waals surface area contributed by atoms with Gasteiger partial charge in [0.1, 0.15) is 11.6 Å². The molecule has 1 aliphatic heterocycles. The molecule has 0 amide bonds. The lowest BCUT2D eigenvalue weighted by molar-refractivity contribution is 0.367. The summed E-state index contributed by atoms with van der Waals surface area (Å²) in [4.78, 5) is 0. The molecule has 28 heavy (non-hydrogen) atoms. The van der Waals surface area contributed by atoms with Gasteiger partial charge in [-0.15, -0.1) is 0 Å². The molecule has 4 rings (SSSR count). The zero-order chi connectivity index (χ0) is 19.7. The molecule has 0 bridgehead atoms. The fraction of sp³-hybridized carbons (Fsp3) is 0.182. The van der Waals surface area contributed by atoms with Gasteiger partial charge in [0.25, 0.3) is 0 Å². The number of allylic oxidation sites excluding steroid dienone is 1. The lowest BCUT2D eigenvalue weighted by atomic mass is 9.83. The Balaban J connectivity index is 1.97. The first-order chi connectivity index (χ1) is 13.6. The summed E-state index contributed by atoms with van der Waals surface area (Å²) in [5.74, 6) is 0.406. The Morgan fingerprint density at radius 1 is 1.18 bits per heavy atom. The highest BCUT2D eigenvalue weighted by Gasteiger charge is 2.36. The summed E-state index contributed by atoms with van der Waals surface area (Å²) < 4.78 is 8.71. The minimum atomic E-state index is -0.305. The minimum Gasteiger partial charge on any atom is -0.422 e. The number of nitrogens with zero attached hydrogens (tertiary/aromatic N) is 3. The van der Waals surface area contributed by atoms with Crippen LogP contribution < -0.4 is 10.5 Å². The third kappa shape index (κ3) is 3.08. The number of benzene rings is 2. The van der Waals surface area contributed by atoms with Gasteiger partial charge in [0, 0.05) is 4.47 Å². The number of aryl methyl sites for hydroxylation is 1. The first-order valence-corrected chi connectivity index (χ1v) is 9.93. The molecule has 1 atom stereocenters. The van der Waals surface area contributed by atoms with Crippen molar-refractivity contribution in [3.05, 3.63) is 87.3 Å². The Hall–Kier alpha value is -3.04. The first kappa shape index (κ1) is 18.3. The van der Waals surface area contributed by atoms with Crippen molar-refractivity contribution in [2.45, 2.75) is 25.7 Å². The van der Waals surface area contributed by atoms with Crippen molar-refractivity contribution in [1.29, 1.82) is 5.26 Å². The molecular formula is C22H19BrN4O. The highest BCUT2D eigenvalue weighted by atomic mass is 79.9. The van der Waals surface area contributed by atoms with Crippen molar-refractivity contribution in [3.8, 4) is 17.6 Å². The van der Waals surface area contributed by atoms with Gasteiger partial charge in [-0.1, -0.05) is 59.6 Å². The van der Waals surface area contributed by atoms with Gasteiger partial charge in [-0.25, -0.2) is 4.68 Å². The quantitative estimate of drug-likeness (QED) is 0.639. The molecule has 0 radical (unpaired) electrons. The highest BCUT2D eigenvalue weighted by molar-refractivity contribution is 9.10. The lowest BCUT2D eigenvalue weighted by Crippen LogP contribution is -2.22. The molecule has 6 heteroatoms. The van der Waals surface area contributed by atoms with Crippen LogP contribution in [0.4, 0.5) is 0 Å².